The average Bonchev–Trinajstić information content (AvgIpc) is 2.90. The van der Waals surface area contributed by atoms with E-state index in [0.29, 0.717) is 6.61 Å². The van der Waals surface area contributed by atoms with E-state index in [1.807, 2.05) is 6.92 Å². The molecule has 0 atom stereocenters. The van der Waals surface area contributed by atoms with Gasteiger partial charge in [-0.05, 0) is 26.8 Å². The first-order chi connectivity index (χ1) is 8.15. The minimum absolute atomic E-state index is 0.138. The lowest BCUT2D eigenvalue weighted by Gasteiger charge is -2.31. The van der Waals surface area contributed by atoms with Crippen molar-refractivity contribution in [1.29, 1.82) is 0 Å². The summed E-state index contributed by atoms with van der Waals surface area (Å²) in [7, 11) is 2.11. The van der Waals surface area contributed by atoms with Gasteiger partial charge in [0.1, 0.15) is 0 Å². The lowest BCUT2D eigenvalue weighted by atomic mass is 9.86. The molecule has 0 unspecified atom stereocenters. The summed E-state index contributed by atoms with van der Waals surface area (Å²) in [5.41, 5.74) is 2.39. The first-order valence-corrected chi connectivity index (χ1v) is 6.43. The first-order valence-electron chi connectivity index (χ1n) is 6.43. The van der Waals surface area contributed by atoms with Crippen LogP contribution in [0.4, 0.5) is 0 Å². The fraction of sp³-hybridized carbons (Fsp3) is 0.769. The molecule has 96 valence electrons. The second kappa shape index (κ2) is 5.19. The summed E-state index contributed by atoms with van der Waals surface area (Å²) < 4.78 is 0. The molecule has 0 radical (unpaired) electrons. The summed E-state index contributed by atoms with van der Waals surface area (Å²) in [6, 6.07) is 0. The van der Waals surface area contributed by atoms with Crippen LogP contribution in [0.5, 0.6) is 0 Å². The van der Waals surface area contributed by atoms with Gasteiger partial charge in [0.05, 0.1) is 12.0 Å². The highest BCUT2D eigenvalue weighted by Gasteiger charge is 2.34. The van der Waals surface area contributed by atoms with Crippen molar-refractivity contribution in [2.45, 2.75) is 39.2 Å². The summed E-state index contributed by atoms with van der Waals surface area (Å²) in [5.74, 6) is 0. The molecule has 0 amide bonds. The van der Waals surface area contributed by atoms with Crippen molar-refractivity contribution in [3.63, 3.8) is 0 Å². The molecule has 4 heteroatoms. The molecule has 0 aromatic carbocycles. The number of imidazole rings is 1. The summed E-state index contributed by atoms with van der Waals surface area (Å²) in [5, 5.41) is 9.60. The lowest BCUT2D eigenvalue weighted by Crippen LogP contribution is -2.36. The topological polar surface area (TPSA) is 52.2 Å². The van der Waals surface area contributed by atoms with Crippen molar-refractivity contribution in [3.8, 4) is 0 Å². The van der Waals surface area contributed by atoms with E-state index in [9.17, 15) is 5.11 Å². The first kappa shape index (κ1) is 12.6. The number of hydrogen-bond donors (Lipinski definition) is 2. The Kier molecular flexibility index (Phi) is 3.84. The van der Waals surface area contributed by atoms with Crippen molar-refractivity contribution >= 4 is 0 Å². The van der Waals surface area contributed by atoms with Crippen LogP contribution in [0.25, 0.3) is 0 Å². The van der Waals surface area contributed by atoms with E-state index in [1.165, 1.54) is 12.8 Å². The van der Waals surface area contributed by atoms with Crippen LogP contribution in [0, 0.1) is 12.3 Å². The summed E-state index contributed by atoms with van der Waals surface area (Å²) in [4.78, 5) is 9.71. The number of rotatable bonds is 5. The number of nitrogens with one attached hydrogen (secondary N) is 1. The van der Waals surface area contributed by atoms with Gasteiger partial charge in [-0.15, -0.1) is 0 Å². The monoisotopic (exact) mass is 237 g/mol. The van der Waals surface area contributed by atoms with E-state index in [1.54, 1.807) is 6.33 Å². The maximum absolute atomic E-state index is 9.60. The molecule has 4 nitrogen and oxygen atoms in total. The number of nitrogens with zero attached hydrogens (tertiary/aromatic N) is 2. The Labute approximate surface area is 103 Å². The molecule has 0 bridgehead atoms. The maximum atomic E-state index is 9.60. The third-order valence-electron chi connectivity index (χ3n) is 3.96. The molecule has 2 N–H and O–H groups in total. The van der Waals surface area contributed by atoms with E-state index in [0.717, 1.165) is 37.3 Å². The van der Waals surface area contributed by atoms with Crippen LogP contribution >= 0.6 is 0 Å². The molecule has 1 aromatic rings. The zero-order chi connectivity index (χ0) is 12.3. The van der Waals surface area contributed by atoms with E-state index >= 15 is 0 Å². The number of H-pyrrole nitrogens is 1. The molecule has 1 aromatic heterocycles. The molecule has 1 saturated carbocycles. The van der Waals surface area contributed by atoms with Gasteiger partial charge in [-0.1, -0.05) is 12.8 Å². The molecule has 1 heterocycles. The Morgan fingerprint density at radius 2 is 2.18 bits per heavy atom. The van der Waals surface area contributed by atoms with E-state index in [2.05, 4.69) is 21.9 Å². The molecular weight excluding hydrogens is 214 g/mol. The van der Waals surface area contributed by atoms with E-state index in [4.69, 9.17) is 0 Å². The summed E-state index contributed by atoms with van der Waals surface area (Å²) >= 11 is 0. The van der Waals surface area contributed by atoms with Crippen molar-refractivity contribution in [3.05, 3.63) is 17.7 Å². The van der Waals surface area contributed by atoms with Crippen LogP contribution in [0.2, 0.25) is 0 Å². The molecule has 1 aliphatic carbocycles. The van der Waals surface area contributed by atoms with Gasteiger partial charge >= 0.3 is 0 Å². The van der Waals surface area contributed by atoms with Crippen molar-refractivity contribution in [2.24, 2.45) is 5.41 Å². The standard InChI is InChI=1S/C13H23N3O/c1-11-12(15-10-14-11)7-16(2)8-13(9-17)5-3-4-6-13/h10,17H,3-9H2,1-2H3,(H,14,15). The molecular formula is C13H23N3O. The number of aromatic amines is 1. The fourth-order valence-electron chi connectivity index (χ4n) is 2.92. The Morgan fingerprint density at radius 1 is 1.47 bits per heavy atom. The number of aryl methyl sites for hydroxylation is 1. The van der Waals surface area contributed by atoms with Gasteiger partial charge in [0.25, 0.3) is 0 Å². The Bertz CT molecular complexity index is 355. The molecule has 0 saturated heterocycles. The van der Waals surface area contributed by atoms with Crippen molar-refractivity contribution in [2.75, 3.05) is 20.2 Å². The zero-order valence-electron chi connectivity index (χ0n) is 10.9. The van der Waals surface area contributed by atoms with Crippen LogP contribution in [-0.2, 0) is 6.54 Å². The van der Waals surface area contributed by atoms with Gasteiger partial charge in [0, 0.05) is 30.8 Å². The minimum atomic E-state index is 0.138. The van der Waals surface area contributed by atoms with Crippen LogP contribution in [-0.4, -0.2) is 40.2 Å². The van der Waals surface area contributed by atoms with Gasteiger partial charge in [0.2, 0.25) is 0 Å². The smallest absolute Gasteiger partial charge is 0.0925 e. The number of aliphatic hydroxyl groups is 1. The summed E-state index contributed by atoms with van der Waals surface area (Å²) in [6.45, 7) is 4.19. The highest BCUT2D eigenvalue weighted by Crippen LogP contribution is 2.38. The number of aliphatic hydroxyl groups excluding tert-OH is 1. The van der Waals surface area contributed by atoms with E-state index < -0.39 is 0 Å². The Morgan fingerprint density at radius 3 is 2.71 bits per heavy atom. The number of hydrogen-bond acceptors (Lipinski definition) is 3. The third kappa shape index (κ3) is 2.87. The normalized spacial score (nSPS) is 19.1. The SMILES string of the molecule is Cc1[nH]cnc1CN(C)CC1(CO)CCCC1. The van der Waals surface area contributed by atoms with Crippen LogP contribution in [0.1, 0.15) is 37.1 Å². The highest BCUT2D eigenvalue weighted by molar-refractivity contribution is 5.08. The summed E-state index contributed by atoms with van der Waals surface area (Å²) in [6.07, 6.45) is 6.59. The van der Waals surface area contributed by atoms with E-state index in [-0.39, 0.29) is 5.41 Å². The van der Waals surface area contributed by atoms with Crippen molar-refractivity contribution < 1.29 is 5.11 Å². The Hall–Kier alpha value is -0.870. The highest BCUT2D eigenvalue weighted by atomic mass is 16.3. The third-order valence-corrected chi connectivity index (χ3v) is 3.96. The lowest BCUT2D eigenvalue weighted by molar-refractivity contribution is 0.0859. The quantitative estimate of drug-likeness (QED) is 0.819. The van der Waals surface area contributed by atoms with Gasteiger partial charge < -0.3 is 10.1 Å². The second-order valence-corrected chi connectivity index (χ2v) is 5.51. The number of aromatic nitrogens is 2. The Balaban J connectivity index is 1.92. The molecule has 17 heavy (non-hydrogen) atoms. The van der Waals surface area contributed by atoms with Crippen molar-refractivity contribution in [1.82, 2.24) is 14.9 Å². The van der Waals surface area contributed by atoms with Crippen LogP contribution < -0.4 is 0 Å². The molecule has 0 aliphatic heterocycles. The molecule has 1 fully saturated rings. The average molecular weight is 237 g/mol. The maximum Gasteiger partial charge on any atom is 0.0925 e. The predicted octanol–water partition coefficient (Wildman–Crippen LogP) is 1.70. The fourth-order valence-corrected chi connectivity index (χ4v) is 2.92. The molecule has 1 aliphatic rings. The largest absolute Gasteiger partial charge is 0.396 e. The van der Waals surface area contributed by atoms with Gasteiger partial charge in [-0.25, -0.2) is 4.98 Å². The molecule has 0 spiro atoms. The minimum Gasteiger partial charge on any atom is -0.396 e. The van der Waals surface area contributed by atoms with Gasteiger partial charge in [-0.3, -0.25) is 4.90 Å². The van der Waals surface area contributed by atoms with Crippen LogP contribution in [0.15, 0.2) is 6.33 Å². The van der Waals surface area contributed by atoms with Crippen LogP contribution in [0.3, 0.4) is 0 Å². The second-order valence-electron chi connectivity index (χ2n) is 5.51. The van der Waals surface area contributed by atoms with Gasteiger partial charge in [-0.2, -0.15) is 0 Å². The predicted molar refractivity (Wildman–Crippen MR) is 67.6 cm³/mol. The molecule has 2 rings (SSSR count). The van der Waals surface area contributed by atoms with Gasteiger partial charge in [0.15, 0.2) is 0 Å². The zero-order valence-corrected chi connectivity index (χ0v) is 10.9.